The molecule has 26 heavy (non-hydrogen) atoms. The molecule has 0 unspecified atom stereocenters. The minimum atomic E-state index is -0.991. The molecule has 8 nitrogen and oxygen atoms in total. The summed E-state index contributed by atoms with van der Waals surface area (Å²) in [5.41, 5.74) is 1.06. The number of rotatable bonds is 6. The molecule has 1 aromatic heterocycles. The van der Waals surface area contributed by atoms with Gasteiger partial charge in [-0.05, 0) is 25.1 Å². The van der Waals surface area contributed by atoms with Crippen LogP contribution in [-0.4, -0.2) is 40.3 Å². The Morgan fingerprint density at radius 1 is 1.50 bits per heavy atom. The molecule has 3 rings (SSSR count). The van der Waals surface area contributed by atoms with Crippen molar-refractivity contribution in [3.8, 4) is 11.5 Å². The summed E-state index contributed by atoms with van der Waals surface area (Å²) in [4.78, 5) is 24.2. The van der Waals surface area contributed by atoms with Crippen LogP contribution in [0.4, 0.5) is 5.69 Å². The van der Waals surface area contributed by atoms with Crippen LogP contribution in [0.3, 0.4) is 0 Å². The standard InChI is InChI=1S/C17H16ClN3O5/c1-10(12-3-2-5-19-20-12)26-14-8-15-13(7-11(14)18)21(6-4-17(23)24)16(22)9-25-15/h2-3,5,7-8,10H,4,6,9H2,1H3,(H,23,24)/t10-/m1/s1. The van der Waals surface area contributed by atoms with E-state index in [1.165, 1.54) is 11.0 Å². The minimum Gasteiger partial charge on any atom is -0.483 e. The molecule has 136 valence electrons. The largest absolute Gasteiger partial charge is 0.483 e. The van der Waals surface area contributed by atoms with Gasteiger partial charge in [-0.1, -0.05) is 11.6 Å². The number of hydrogen-bond donors (Lipinski definition) is 1. The number of amides is 1. The van der Waals surface area contributed by atoms with Crippen molar-refractivity contribution >= 4 is 29.2 Å². The summed E-state index contributed by atoms with van der Waals surface area (Å²) in [5.74, 6) is -0.539. The number of carboxylic acid groups (broad SMARTS) is 1. The van der Waals surface area contributed by atoms with Crippen molar-refractivity contribution in [1.82, 2.24) is 10.2 Å². The third-order valence-electron chi connectivity index (χ3n) is 3.82. The highest BCUT2D eigenvalue weighted by molar-refractivity contribution is 6.32. The van der Waals surface area contributed by atoms with Crippen LogP contribution < -0.4 is 14.4 Å². The molecule has 0 saturated heterocycles. The Balaban J connectivity index is 1.85. The lowest BCUT2D eigenvalue weighted by atomic mass is 10.2. The molecular formula is C17H16ClN3O5. The van der Waals surface area contributed by atoms with E-state index in [-0.39, 0.29) is 30.5 Å². The number of aromatic nitrogens is 2. The highest BCUT2D eigenvalue weighted by Gasteiger charge is 2.28. The number of benzene rings is 1. The maximum Gasteiger partial charge on any atom is 0.305 e. The molecule has 1 aliphatic rings. The third-order valence-corrected chi connectivity index (χ3v) is 4.11. The second-order valence-corrected chi connectivity index (χ2v) is 6.04. The van der Waals surface area contributed by atoms with Crippen LogP contribution in [0.25, 0.3) is 0 Å². The molecule has 1 N–H and O–H groups in total. The van der Waals surface area contributed by atoms with Crippen LogP contribution in [-0.2, 0) is 9.59 Å². The number of anilines is 1. The quantitative estimate of drug-likeness (QED) is 0.824. The third kappa shape index (κ3) is 3.85. The second-order valence-electron chi connectivity index (χ2n) is 5.64. The SMILES string of the molecule is C[C@@H](Oc1cc2c(cc1Cl)N(CCC(=O)O)C(=O)CO2)c1cccnn1. The summed E-state index contributed by atoms with van der Waals surface area (Å²) in [6.07, 6.45) is 0.997. The monoisotopic (exact) mass is 377 g/mol. The normalized spacial score (nSPS) is 14.4. The number of halogens is 1. The molecule has 2 heterocycles. The van der Waals surface area contributed by atoms with Crippen molar-refractivity contribution in [3.05, 3.63) is 41.2 Å². The topological polar surface area (TPSA) is 102 Å². The molecular weight excluding hydrogens is 362 g/mol. The number of carbonyl (C=O) groups is 2. The minimum absolute atomic E-state index is 0.0388. The van der Waals surface area contributed by atoms with E-state index in [0.717, 1.165) is 0 Å². The first-order chi connectivity index (χ1) is 12.5. The molecule has 1 atom stereocenters. The van der Waals surface area contributed by atoms with Gasteiger partial charge < -0.3 is 19.5 Å². The maximum absolute atomic E-state index is 12.0. The van der Waals surface area contributed by atoms with Crippen molar-refractivity contribution in [1.29, 1.82) is 0 Å². The molecule has 9 heteroatoms. The summed E-state index contributed by atoms with van der Waals surface area (Å²) >= 11 is 6.30. The van der Waals surface area contributed by atoms with Gasteiger partial charge in [0.15, 0.2) is 6.61 Å². The zero-order valence-corrected chi connectivity index (χ0v) is 14.6. The van der Waals surface area contributed by atoms with E-state index < -0.39 is 12.1 Å². The first-order valence-corrected chi connectivity index (χ1v) is 8.26. The predicted octanol–water partition coefficient (Wildman–Crippen LogP) is 2.47. The van der Waals surface area contributed by atoms with Gasteiger partial charge in [-0.3, -0.25) is 9.59 Å². The lowest BCUT2D eigenvalue weighted by Crippen LogP contribution is -2.40. The molecule has 2 aromatic rings. The Labute approximate surface area is 154 Å². The Morgan fingerprint density at radius 3 is 3.00 bits per heavy atom. The summed E-state index contributed by atoms with van der Waals surface area (Å²) < 4.78 is 11.3. The fourth-order valence-corrected chi connectivity index (χ4v) is 2.73. The zero-order chi connectivity index (χ0) is 18.7. The zero-order valence-electron chi connectivity index (χ0n) is 13.9. The first kappa shape index (κ1) is 17.9. The molecule has 0 spiro atoms. The van der Waals surface area contributed by atoms with Gasteiger partial charge in [-0.2, -0.15) is 10.2 Å². The van der Waals surface area contributed by atoms with Crippen molar-refractivity contribution in [2.24, 2.45) is 0 Å². The maximum atomic E-state index is 12.0. The second kappa shape index (κ2) is 7.57. The number of aliphatic carboxylic acids is 1. The average molecular weight is 378 g/mol. The number of hydrogen-bond acceptors (Lipinski definition) is 6. The molecule has 1 aliphatic heterocycles. The molecule has 0 saturated carbocycles. The van der Waals surface area contributed by atoms with E-state index in [0.29, 0.717) is 22.9 Å². The van der Waals surface area contributed by atoms with Gasteiger partial charge in [0.2, 0.25) is 0 Å². The van der Waals surface area contributed by atoms with Crippen LogP contribution in [0.2, 0.25) is 5.02 Å². The molecule has 1 amide bonds. The number of nitrogens with zero attached hydrogens (tertiary/aromatic N) is 3. The van der Waals surface area contributed by atoms with Gasteiger partial charge >= 0.3 is 5.97 Å². The average Bonchev–Trinajstić information content (AvgIpc) is 2.62. The lowest BCUT2D eigenvalue weighted by molar-refractivity contribution is -0.136. The summed E-state index contributed by atoms with van der Waals surface area (Å²) in [7, 11) is 0. The molecule has 0 aliphatic carbocycles. The number of ether oxygens (including phenoxy) is 2. The summed E-state index contributed by atoms with van der Waals surface area (Å²) in [5, 5.41) is 16.9. The molecule has 0 fully saturated rings. The van der Waals surface area contributed by atoms with E-state index >= 15 is 0 Å². The van der Waals surface area contributed by atoms with Gasteiger partial charge in [0.1, 0.15) is 23.3 Å². The van der Waals surface area contributed by atoms with Crippen molar-refractivity contribution < 1.29 is 24.2 Å². The number of carbonyl (C=O) groups excluding carboxylic acids is 1. The lowest BCUT2D eigenvalue weighted by Gasteiger charge is -2.30. The Hall–Kier alpha value is -2.87. The van der Waals surface area contributed by atoms with Crippen LogP contribution in [0.15, 0.2) is 30.5 Å². The molecule has 0 bridgehead atoms. The van der Waals surface area contributed by atoms with E-state index in [1.54, 1.807) is 24.4 Å². The van der Waals surface area contributed by atoms with Crippen LogP contribution in [0, 0.1) is 0 Å². The number of carboxylic acids is 1. The van der Waals surface area contributed by atoms with Gasteiger partial charge in [-0.15, -0.1) is 0 Å². The number of fused-ring (bicyclic) bond motifs is 1. The fraction of sp³-hybridized carbons (Fsp3) is 0.294. The summed E-state index contributed by atoms with van der Waals surface area (Å²) in [6.45, 7) is 1.67. The fourth-order valence-electron chi connectivity index (χ4n) is 2.53. The first-order valence-electron chi connectivity index (χ1n) is 7.88. The highest BCUT2D eigenvalue weighted by atomic mass is 35.5. The molecule has 0 radical (unpaired) electrons. The van der Waals surface area contributed by atoms with Crippen LogP contribution in [0.5, 0.6) is 11.5 Å². The van der Waals surface area contributed by atoms with Gasteiger partial charge in [0, 0.05) is 18.8 Å². The van der Waals surface area contributed by atoms with E-state index in [1.807, 2.05) is 6.92 Å². The van der Waals surface area contributed by atoms with E-state index in [9.17, 15) is 9.59 Å². The van der Waals surface area contributed by atoms with Crippen molar-refractivity contribution in [3.63, 3.8) is 0 Å². The Bertz CT molecular complexity index is 831. The van der Waals surface area contributed by atoms with Gasteiger partial charge in [-0.25, -0.2) is 0 Å². The Kier molecular flexibility index (Phi) is 5.22. The van der Waals surface area contributed by atoms with Crippen LogP contribution >= 0.6 is 11.6 Å². The molecule has 1 aromatic carbocycles. The smallest absolute Gasteiger partial charge is 0.305 e. The van der Waals surface area contributed by atoms with Crippen LogP contribution in [0.1, 0.15) is 25.1 Å². The van der Waals surface area contributed by atoms with Gasteiger partial charge in [0.25, 0.3) is 5.91 Å². The van der Waals surface area contributed by atoms with E-state index in [2.05, 4.69) is 10.2 Å². The van der Waals surface area contributed by atoms with Crippen molar-refractivity contribution in [2.45, 2.75) is 19.4 Å². The van der Waals surface area contributed by atoms with Crippen molar-refractivity contribution in [2.75, 3.05) is 18.1 Å². The predicted molar refractivity (Wildman–Crippen MR) is 92.6 cm³/mol. The Morgan fingerprint density at radius 2 is 2.31 bits per heavy atom. The van der Waals surface area contributed by atoms with Gasteiger partial charge in [0.05, 0.1) is 17.1 Å². The highest BCUT2D eigenvalue weighted by Crippen LogP contribution is 2.41. The summed E-state index contributed by atoms with van der Waals surface area (Å²) in [6, 6.07) is 6.66. The van der Waals surface area contributed by atoms with E-state index in [4.69, 9.17) is 26.2 Å².